The van der Waals surface area contributed by atoms with Gasteiger partial charge in [0, 0.05) is 64.4 Å². The zero-order valence-electron chi connectivity index (χ0n) is 22.5. The molecule has 0 bridgehead atoms. The Bertz CT molecular complexity index is 1320. The van der Waals surface area contributed by atoms with Gasteiger partial charge in [0.1, 0.15) is 23.1 Å². The molecule has 214 valence electrons. The number of pyridine rings is 2. The van der Waals surface area contributed by atoms with Crippen LogP contribution in [0.25, 0.3) is 11.3 Å². The molecular weight excluding hydrogens is 523 g/mol. The number of nitrogens with zero attached hydrogens (tertiary/aromatic N) is 3. The van der Waals surface area contributed by atoms with Gasteiger partial charge in [0.25, 0.3) is 0 Å². The predicted octanol–water partition coefficient (Wildman–Crippen LogP) is 3.97. The van der Waals surface area contributed by atoms with Crippen LogP contribution >= 0.6 is 0 Å². The summed E-state index contributed by atoms with van der Waals surface area (Å²) in [5.74, 6) is -2.69. The number of aromatic nitrogens is 2. The zero-order valence-corrected chi connectivity index (χ0v) is 22.5. The number of nitrogens with one attached hydrogen (secondary N) is 1. The fourth-order valence-corrected chi connectivity index (χ4v) is 5.63. The molecule has 0 saturated carbocycles. The zero-order chi connectivity index (χ0) is 28.4. The van der Waals surface area contributed by atoms with Gasteiger partial charge in [-0.1, -0.05) is 6.92 Å². The maximum atomic E-state index is 15.4. The van der Waals surface area contributed by atoms with Crippen LogP contribution in [0, 0.1) is 23.4 Å². The molecule has 1 aromatic carbocycles. The first-order valence-electron chi connectivity index (χ1n) is 13.4. The van der Waals surface area contributed by atoms with E-state index >= 15 is 8.78 Å². The van der Waals surface area contributed by atoms with E-state index in [4.69, 9.17) is 15.2 Å². The predicted molar refractivity (Wildman–Crippen MR) is 145 cm³/mol. The van der Waals surface area contributed by atoms with Gasteiger partial charge in [0.05, 0.1) is 47.1 Å². The Morgan fingerprint density at radius 1 is 1.12 bits per heavy atom. The smallest absolute Gasteiger partial charge is 0.149 e. The molecule has 11 heteroatoms. The Morgan fingerprint density at radius 2 is 1.85 bits per heavy atom. The van der Waals surface area contributed by atoms with Crippen LogP contribution in [0.2, 0.25) is 0 Å². The summed E-state index contributed by atoms with van der Waals surface area (Å²) in [5.41, 5.74) is 6.60. The number of hydrogen-bond donors (Lipinski definition) is 3. The van der Waals surface area contributed by atoms with E-state index in [1.54, 1.807) is 12.4 Å². The van der Waals surface area contributed by atoms with Gasteiger partial charge in [0.2, 0.25) is 0 Å². The van der Waals surface area contributed by atoms with Crippen LogP contribution in [0.5, 0.6) is 0 Å². The molecule has 2 saturated heterocycles. The maximum absolute atomic E-state index is 15.4. The molecule has 2 aliphatic rings. The molecule has 3 aromatic rings. The van der Waals surface area contributed by atoms with Crippen molar-refractivity contribution in [2.75, 3.05) is 43.6 Å². The number of rotatable bonds is 7. The van der Waals surface area contributed by atoms with E-state index in [1.165, 1.54) is 25.3 Å². The van der Waals surface area contributed by atoms with Crippen LogP contribution in [0.1, 0.15) is 31.0 Å². The number of methoxy groups -OCH3 is 1. The quantitative estimate of drug-likeness (QED) is 0.401. The summed E-state index contributed by atoms with van der Waals surface area (Å²) in [6.07, 6.45) is 3.65. The van der Waals surface area contributed by atoms with E-state index in [1.807, 2.05) is 13.0 Å². The third-order valence-electron chi connectivity index (χ3n) is 7.96. The summed E-state index contributed by atoms with van der Waals surface area (Å²) in [4.78, 5) is 10.6. The number of aliphatic hydroxyl groups excluding tert-OH is 1. The molecule has 0 radical (unpaired) electrons. The molecule has 5 rings (SSSR count). The number of hydrogen-bond acceptors (Lipinski definition) is 8. The molecule has 2 fully saturated rings. The second-order valence-corrected chi connectivity index (χ2v) is 10.5. The Hall–Kier alpha value is -3.25. The standard InChI is InChI=1S/C29H34F3N5O3/c1-17-15-37(16-23(33)28(17)38)25-5-8-34-14-24(25)35-13-19-3-4-20(30)27(36-19)26-21(31)11-18(12-22(26)32)29(39-2)6-9-40-10-7-29/h3-5,8,11-12,14,17,23,28,35,38H,6-7,9-10,13,15-16,33H2,1-2H3. The molecule has 0 amide bonds. The number of anilines is 2. The van der Waals surface area contributed by atoms with Crippen LogP contribution in [0.3, 0.4) is 0 Å². The topological polar surface area (TPSA) is 106 Å². The molecule has 4 N–H and O–H groups in total. The first-order chi connectivity index (χ1) is 19.2. The van der Waals surface area contributed by atoms with E-state index in [-0.39, 0.29) is 12.5 Å². The first-order valence-corrected chi connectivity index (χ1v) is 13.4. The average Bonchev–Trinajstić information content (AvgIpc) is 2.96. The SMILES string of the molecule is COC1(c2cc(F)c(-c3nc(CNc4cnccc4N4CC(C)C(O)C(N)C4)ccc3F)c(F)c2)CCOCC1. The molecular formula is C29H34F3N5O3. The second kappa shape index (κ2) is 11.7. The van der Waals surface area contributed by atoms with Crippen molar-refractivity contribution in [1.82, 2.24) is 9.97 Å². The lowest BCUT2D eigenvalue weighted by Crippen LogP contribution is -2.55. The van der Waals surface area contributed by atoms with Gasteiger partial charge in [-0.15, -0.1) is 0 Å². The lowest BCUT2D eigenvalue weighted by Gasteiger charge is -2.40. The van der Waals surface area contributed by atoms with Crippen molar-refractivity contribution in [3.8, 4) is 11.3 Å². The van der Waals surface area contributed by atoms with Crippen molar-refractivity contribution in [1.29, 1.82) is 0 Å². The highest BCUT2D eigenvalue weighted by molar-refractivity contribution is 5.69. The third kappa shape index (κ3) is 5.51. The van der Waals surface area contributed by atoms with Crippen LogP contribution in [-0.4, -0.2) is 60.6 Å². The van der Waals surface area contributed by atoms with Gasteiger partial charge in [-0.2, -0.15) is 0 Å². The average molecular weight is 558 g/mol. The van der Waals surface area contributed by atoms with Crippen LogP contribution in [0.15, 0.2) is 42.7 Å². The van der Waals surface area contributed by atoms with Gasteiger partial charge >= 0.3 is 0 Å². The molecule has 40 heavy (non-hydrogen) atoms. The van der Waals surface area contributed by atoms with Crippen molar-refractivity contribution < 1.29 is 27.8 Å². The van der Waals surface area contributed by atoms with Crippen molar-refractivity contribution in [2.45, 2.75) is 44.1 Å². The van der Waals surface area contributed by atoms with Gasteiger partial charge in [0.15, 0.2) is 0 Å². The maximum Gasteiger partial charge on any atom is 0.149 e. The van der Waals surface area contributed by atoms with Crippen molar-refractivity contribution in [2.24, 2.45) is 11.7 Å². The summed E-state index contributed by atoms with van der Waals surface area (Å²) in [7, 11) is 1.50. The Labute approximate surface area is 231 Å². The molecule has 0 spiro atoms. The molecule has 3 unspecified atom stereocenters. The Kier molecular flexibility index (Phi) is 8.27. The number of piperidine rings is 1. The number of benzene rings is 1. The number of nitrogens with two attached hydrogens (primary N) is 1. The van der Waals surface area contributed by atoms with E-state index in [0.717, 1.165) is 11.8 Å². The van der Waals surface area contributed by atoms with Gasteiger partial charge in [-0.3, -0.25) is 4.98 Å². The van der Waals surface area contributed by atoms with Gasteiger partial charge < -0.3 is 30.5 Å². The molecule has 2 aromatic heterocycles. The number of ether oxygens (including phenoxy) is 2. The Balaban J connectivity index is 1.39. The highest BCUT2D eigenvalue weighted by Crippen LogP contribution is 2.39. The van der Waals surface area contributed by atoms with Crippen molar-refractivity contribution in [3.05, 3.63) is 71.4 Å². The van der Waals surface area contributed by atoms with Crippen LogP contribution < -0.4 is 16.0 Å². The minimum Gasteiger partial charge on any atom is -0.391 e. The lowest BCUT2D eigenvalue weighted by molar-refractivity contribution is -0.0950. The van der Waals surface area contributed by atoms with E-state index in [9.17, 15) is 9.50 Å². The van der Waals surface area contributed by atoms with Gasteiger partial charge in [-0.25, -0.2) is 18.2 Å². The summed E-state index contributed by atoms with van der Waals surface area (Å²) in [6, 6.07) is 6.46. The second-order valence-electron chi connectivity index (χ2n) is 10.5. The van der Waals surface area contributed by atoms with Crippen molar-refractivity contribution in [3.63, 3.8) is 0 Å². The summed E-state index contributed by atoms with van der Waals surface area (Å²) >= 11 is 0. The monoisotopic (exact) mass is 557 g/mol. The van der Waals surface area contributed by atoms with E-state index in [2.05, 4.69) is 20.2 Å². The minimum absolute atomic E-state index is 0.0208. The van der Waals surface area contributed by atoms with E-state index < -0.39 is 46.5 Å². The normalized spacial score (nSPS) is 22.8. The molecule has 2 aliphatic heterocycles. The largest absolute Gasteiger partial charge is 0.391 e. The highest BCUT2D eigenvalue weighted by Gasteiger charge is 2.36. The molecule has 4 heterocycles. The third-order valence-corrected chi connectivity index (χ3v) is 7.96. The highest BCUT2D eigenvalue weighted by atomic mass is 19.1. The fraction of sp³-hybridized carbons (Fsp3) is 0.448. The summed E-state index contributed by atoms with van der Waals surface area (Å²) < 4.78 is 56.7. The minimum atomic E-state index is -0.915. The Morgan fingerprint density at radius 3 is 2.52 bits per heavy atom. The summed E-state index contributed by atoms with van der Waals surface area (Å²) in [5, 5.41) is 13.5. The molecule has 8 nitrogen and oxygen atoms in total. The first kappa shape index (κ1) is 28.3. The van der Waals surface area contributed by atoms with Crippen molar-refractivity contribution >= 4 is 11.4 Å². The molecule has 0 aliphatic carbocycles. The van der Waals surface area contributed by atoms with Gasteiger partial charge in [-0.05, 0) is 35.9 Å². The van der Waals surface area contributed by atoms with Crippen LogP contribution in [0.4, 0.5) is 24.5 Å². The fourth-order valence-electron chi connectivity index (χ4n) is 5.63. The lowest BCUT2D eigenvalue weighted by atomic mass is 9.85. The van der Waals surface area contributed by atoms with Crippen LogP contribution in [-0.2, 0) is 21.6 Å². The number of aliphatic hydroxyl groups is 1. The summed E-state index contributed by atoms with van der Waals surface area (Å²) in [6.45, 7) is 3.99. The molecule has 3 atom stereocenters. The van der Waals surface area contributed by atoms with E-state index in [0.29, 0.717) is 56.1 Å². The number of halogens is 3.